The number of benzene rings is 1. The van der Waals surface area contributed by atoms with Crippen molar-refractivity contribution in [3.8, 4) is 0 Å². The van der Waals surface area contributed by atoms with Crippen LogP contribution < -0.4 is 0 Å². The van der Waals surface area contributed by atoms with Crippen LogP contribution in [0.2, 0.25) is 0 Å². The van der Waals surface area contributed by atoms with Crippen molar-refractivity contribution in [1.29, 1.82) is 0 Å². The number of hydrogen-bond donors (Lipinski definition) is 1. The number of aliphatic hydroxyl groups excluding tert-OH is 1. The number of aliphatic hydroxyl groups is 1. The van der Waals surface area contributed by atoms with Crippen LogP contribution >= 0.6 is 0 Å². The molecule has 19 heavy (non-hydrogen) atoms. The monoisotopic (exact) mass is 287 g/mol. The third kappa shape index (κ3) is 2.80. The van der Waals surface area contributed by atoms with Crippen LogP contribution in [0.3, 0.4) is 0 Å². The van der Waals surface area contributed by atoms with E-state index < -0.39 is 15.8 Å². The summed E-state index contributed by atoms with van der Waals surface area (Å²) in [4.78, 5) is -0.340. The fourth-order valence-electron chi connectivity index (χ4n) is 2.40. The van der Waals surface area contributed by atoms with Crippen molar-refractivity contribution in [2.24, 2.45) is 0 Å². The van der Waals surface area contributed by atoms with Crippen LogP contribution in [0.15, 0.2) is 23.1 Å². The second kappa shape index (κ2) is 5.56. The van der Waals surface area contributed by atoms with E-state index in [0.29, 0.717) is 12.1 Å². The van der Waals surface area contributed by atoms with Gasteiger partial charge in [-0.3, -0.25) is 0 Å². The van der Waals surface area contributed by atoms with Crippen molar-refractivity contribution in [2.45, 2.75) is 43.7 Å². The Hall–Kier alpha value is -0.980. The van der Waals surface area contributed by atoms with Crippen molar-refractivity contribution < 1.29 is 17.9 Å². The molecule has 0 aromatic heterocycles. The highest BCUT2D eigenvalue weighted by molar-refractivity contribution is 7.89. The van der Waals surface area contributed by atoms with Gasteiger partial charge >= 0.3 is 0 Å². The maximum Gasteiger partial charge on any atom is 0.246 e. The Bertz CT molecular complexity index is 559. The fourth-order valence-corrected chi connectivity index (χ4v) is 4.22. The lowest BCUT2D eigenvalue weighted by Crippen LogP contribution is -2.42. The zero-order chi connectivity index (χ0) is 14.0. The van der Waals surface area contributed by atoms with Crippen molar-refractivity contribution in [2.75, 3.05) is 6.54 Å². The standard InChI is InChI=1S/C13H18FNO3S/c1-10-4-2-3-7-15(10)19(17,18)13-8-11(9-16)5-6-12(13)14/h5-6,8,10,16H,2-4,7,9H2,1H3. The van der Waals surface area contributed by atoms with Crippen LogP contribution in [0.25, 0.3) is 0 Å². The number of rotatable bonds is 3. The van der Waals surface area contributed by atoms with Gasteiger partial charge in [-0.1, -0.05) is 12.5 Å². The molecular formula is C13H18FNO3S. The molecule has 6 heteroatoms. The van der Waals surface area contributed by atoms with Crippen molar-refractivity contribution in [1.82, 2.24) is 4.31 Å². The van der Waals surface area contributed by atoms with Gasteiger partial charge in [-0.2, -0.15) is 4.31 Å². The van der Waals surface area contributed by atoms with E-state index in [2.05, 4.69) is 0 Å². The van der Waals surface area contributed by atoms with Gasteiger partial charge in [-0.25, -0.2) is 12.8 Å². The second-order valence-electron chi connectivity index (χ2n) is 4.88. The Kier molecular flexibility index (Phi) is 4.23. The summed E-state index contributed by atoms with van der Waals surface area (Å²) in [6.07, 6.45) is 2.58. The van der Waals surface area contributed by atoms with Crippen LogP contribution in [0.4, 0.5) is 4.39 Å². The number of piperidine rings is 1. The van der Waals surface area contributed by atoms with Crippen molar-refractivity contribution in [3.05, 3.63) is 29.6 Å². The maximum absolute atomic E-state index is 13.8. The Balaban J connectivity index is 2.43. The largest absolute Gasteiger partial charge is 0.392 e. The van der Waals surface area contributed by atoms with E-state index in [1.165, 1.54) is 16.4 Å². The number of halogens is 1. The number of hydrogen-bond acceptors (Lipinski definition) is 3. The van der Waals surface area contributed by atoms with Crippen LogP contribution in [0.1, 0.15) is 31.7 Å². The second-order valence-corrected chi connectivity index (χ2v) is 6.74. The van der Waals surface area contributed by atoms with Gasteiger partial charge in [-0.15, -0.1) is 0 Å². The van der Waals surface area contributed by atoms with E-state index in [1.807, 2.05) is 6.92 Å². The van der Waals surface area contributed by atoms with Crippen molar-refractivity contribution in [3.63, 3.8) is 0 Å². The SMILES string of the molecule is CC1CCCCN1S(=O)(=O)c1cc(CO)ccc1F. The molecule has 0 spiro atoms. The highest BCUT2D eigenvalue weighted by Crippen LogP contribution is 2.27. The predicted octanol–water partition coefficient (Wildman–Crippen LogP) is 1.88. The highest BCUT2D eigenvalue weighted by Gasteiger charge is 2.32. The predicted molar refractivity (Wildman–Crippen MR) is 69.5 cm³/mol. The van der Waals surface area contributed by atoms with Gasteiger partial charge in [0.05, 0.1) is 6.61 Å². The third-order valence-electron chi connectivity index (χ3n) is 3.51. The minimum absolute atomic E-state index is 0.115. The van der Waals surface area contributed by atoms with Gasteiger partial charge in [0, 0.05) is 12.6 Å². The third-order valence-corrected chi connectivity index (χ3v) is 5.54. The van der Waals surface area contributed by atoms with Crippen LogP contribution in [0, 0.1) is 5.82 Å². The molecule has 1 aliphatic heterocycles. The van der Waals surface area contributed by atoms with Gasteiger partial charge in [0.15, 0.2) is 0 Å². The summed E-state index contributed by atoms with van der Waals surface area (Å²) in [5.74, 6) is -0.769. The summed E-state index contributed by atoms with van der Waals surface area (Å²) in [5, 5.41) is 9.05. The molecule has 0 amide bonds. The van der Waals surface area contributed by atoms with E-state index in [9.17, 15) is 12.8 Å². The first-order chi connectivity index (χ1) is 8.96. The molecule has 2 rings (SSSR count). The van der Waals surface area contributed by atoms with E-state index >= 15 is 0 Å². The average molecular weight is 287 g/mol. The molecular weight excluding hydrogens is 269 g/mol. The van der Waals surface area contributed by atoms with Gasteiger partial charge in [0.25, 0.3) is 0 Å². The first-order valence-electron chi connectivity index (χ1n) is 6.38. The summed E-state index contributed by atoms with van der Waals surface area (Å²) in [6, 6.07) is 3.57. The summed E-state index contributed by atoms with van der Waals surface area (Å²) >= 11 is 0. The molecule has 1 fully saturated rings. The molecule has 1 N–H and O–H groups in total. The van der Waals surface area contributed by atoms with E-state index in [0.717, 1.165) is 25.3 Å². The van der Waals surface area contributed by atoms with Gasteiger partial charge in [-0.05, 0) is 37.5 Å². The molecule has 4 nitrogen and oxygen atoms in total. The number of nitrogens with zero attached hydrogens (tertiary/aromatic N) is 1. The molecule has 0 radical (unpaired) electrons. The molecule has 0 bridgehead atoms. The first kappa shape index (κ1) is 14.4. The van der Waals surface area contributed by atoms with E-state index in [1.54, 1.807) is 0 Å². The van der Waals surface area contributed by atoms with Gasteiger partial charge < -0.3 is 5.11 Å². The normalized spacial score (nSPS) is 21.5. The Morgan fingerprint density at radius 3 is 2.79 bits per heavy atom. The Morgan fingerprint density at radius 1 is 1.42 bits per heavy atom. The summed E-state index contributed by atoms with van der Waals surface area (Å²) in [6.45, 7) is 1.95. The average Bonchev–Trinajstić information content (AvgIpc) is 2.39. The first-order valence-corrected chi connectivity index (χ1v) is 7.82. The summed E-state index contributed by atoms with van der Waals surface area (Å²) < 4.78 is 40.1. The molecule has 1 saturated heterocycles. The van der Waals surface area contributed by atoms with E-state index in [-0.39, 0.29) is 17.5 Å². The van der Waals surface area contributed by atoms with Crippen molar-refractivity contribution >= 4 is 10.0 Å². The molecule has 106 valence electrons. The molecule has 1 aromatic carbocycles. The molecule has 0 aliphatic carbocycles. The molecule has 1 aromatic rings. The van der Waals surface area contributed by atoms with Gasteiger partial charge in [0.2, 0.25) is 10.0 Å². The molecule has 1 aliphatic rings. The van der Waals surface area contributed by atoms with E-state index in [4.69, 9.17) is 5.11 Å². The quantitative estimate of drug-likeness (QED) is 0.923. The number of sulfonamides is 1. The smallest absolute Gasteiger partial charge is 0.246 e. The lowest BCUT2D eigenvalue weighted by atomic mass is 10.1. The Labute approximate surface area is 112 Å². The molecule has 1 heterocycles. The minimum atomic E-state index is -3.83. The lowest BCUT2D eigenvalue weighted by Gasteiger charge is -2.32. The highest BCUT2D eigenvalue weighted by atomic mass is 32.2. The Morgan fingerprint density at radius 2 is 2.16 bits per heavy atom. The van der Waals surface area contributed by atoms with Crippen LogP contribution in [-0.4, -0.2) is 30.4 Å². The summed E-state index contributed by atoms with van der Waals surface area (Å²) in [5.41, 5.74) is 0.393. The molecule has 1 unspecified atom stereocenters. The maximum atomic E-state index is 13.8. The minimum Gasteiger partial charge on any atom is -0.392 e. The molecule has 0 saturated carbocycles. The zero-order valence-corrected chi connectivity index (χ0v) is 11.7. The van der Waals surface area contributed by atoms with Crippen LogP contribution in [-0.2, 0) is 16.6 Å². The summed E-state index contributed by atoms with van der Waals surface area (Å²) in [7, 11) is -3.83. The lowest BCUT2D eigenvalue weighted by molar-refractivity contribution is 0.267. The van der Waals surface area contributed by atoms with Crippen LogP contribution in [0.5, 0.6) is 0 Å². The topological polar surface area (TPSA) is 57.6 Å². The zero-order valence-electron chi connectivity index (χ0n) is 10.8. The van der Waals surface area contributed by atoms with Gasteiger partial charge in [0.1, 0.15) is 10.7 Å². The molecule has 1 atom stereocenters. The fraction of sp³-hybridized carbons (Fsp3) is 0.538.